The third kappa shape index (κ3) is 5.23. The minimum Gasteiger partial charge on any atom is -0.378 e. The molecule has 1 aromatic heterocycles. The van der Waals surface area contributed by atoms with E-state index in [4.69, 9.17) is 11.6 Å². The fourth-order valence-corrected chi connectivity index (χ4v) is 3.78. The Balaban J connectivity index is 1.74. The van der Waals surface area contributed by atoms with Gasteiger partial charge in [0.1, 0.15) is 0 Å². The highest BCUT2D eigenvalue weighted by atomic mass is 35.5. The second-order valence-corrected chi connectivity index (χ2v) is 8.32. The summed E-state index contributed by atoms with van der Waals surface area (Å²) in [7, 11) is 4.00. The summed E-state index contributed by atoms with van der Waals surface area (Å²) in [6.45, 7) is 6.31. The van der Waals surface area contributed by atoms with Crippen molar-refractivity contribution in [2.75, 3.05) is 30.1 Å². The number of halogens is 1. The van der Waals surface area contributed by atoms with Gasteiger partial charge < -0.3 is 10.2 Å². The van der Waals surface area contributed by atoms with Gasteiger partial charge in [-0.05, 0) is 48.9 Å². The van der Waals surface area contributed by atoms with Gasteiger partial charge in [-0.3, -0.25) is 9.36 Å². The molecule has 1 heterocycles. The fourth-order valence-electron chi connectivity index (χ4n) is 2.86. The topological polar surface area (TPSA) is 63.1 Å². The lowest BCUT2D eigenvalue weighted by molar-refractivity contribution is -0.113. The third-order valence-corrected chi connectivity index (χ3v) is 5.68. The zero-order chi connectivity index (χ0) is 21.7. The van der Waals surface area contributed by atoms with E-state index in [1.54, 1.807) is 18.2 Å². The molecule has 0 saturated carbocycles. The molecule has 0 spiro atoms. The van der Waals surface area contributed by atoms with Gasteiger partial charge in [0.2, 0.25) is 5.91 Å². The summed E-state index contributed by atoms with van der Waals surface area (Å²) in [5, 5.41) is 12.8. The van der Waals surface area contributed by atoms with Crippen LogP contribution in [0.5, 0.6) is 0 Å². The molecule has 0 aliphatic carbocycles. The van der Waals surface area contributed by atoms with E-state index < -0.39 is 0 Å². The normalized spacial score (nSPS) is 10.7. The Morgan fingerprint density at radius 3 is 2.63 bits per heavy atom. The first-order valence-electron chi connectivity index (χ1n) is 9.39. The summed E-state index contributed by atoms with van der Waals surface area (Å²) in [5.74, 6) is 0.824. The van der Waals surface area contributed by atoms with E-state index >= 15 is 0 Å². The molecule has 156 valence electrons. The molecule has 1 N–H and O–H groups in total. The average molecular weight is 442 g/mol. The standard InChI is InChI=1S/C22H24ClN5OS/c1-5-12-28-21(16-7-10-18(11-8-16)27(3)4)25-26-22(28)30-14-20(29)24-19-13-17(23)9-6-15(19)2/h5-11,13H,1,12,14H2,2-4H3,(H,24,29). The molecule has 8 heteroatoms. The van der Waals surface area contributed by atoms with Crippen LogP contribution in [0, 0.1) is 6.92 Å². The summed E-state index contributed by atoms with van der Waals surface area (Å²) in [6.07, 6.45) is 1.79. The van der Waals surface area contributed by atoms with Crippen LogP contribution in [0.4, 0.5) is 11.4 Å². The van der Waals surface area contributed by atoms with Gasteiger partial charge in [-0.25, -0.2) is 0 Å². The summed E-state index contributed by atoms with van der Waals surface area (Å²) >= 11 is 7.36. The van der Waals surface area contributed by atoms with Gasteiger partial charge in [-0.15, -0.1) is 16.8 Å². The lowest BCUT2D eigenvalue weighted by Gasteiger charge is -2.13. The fraction of sp³-hybridized carbons (Fsp3) is 0.227. The number of nitrogens with zero attached hydrogens (tertiary/aromatic N) is 4. The molecule has 0 fully saturated rings. The highest BCUT2D eigenvalue weighted by molar-refractivity contribution is 7.99. The zero-order valence-electron chi connectivity index (χ0n) is 17.2. The van der Waals surface area contributed by atoms with Crippen molar-refractivity contribution in [3.8, 4) is 11.4 Å². The Morgan fingerprint density at radius 1 is 1.23 bits per heavy atom. The van der Waals surface area contributed by atoms with Gasteiger partial charge in [-0.2, -0.15) is 0 Å². The number of amides is 1. The Kier molecular flexibility index (Phi) is 7.18. The molecule has 0 radical (unpaired) electrons. The predicted molar refractivity (Wildman–Crippen MR) is 126 cm³/mol. The number of carbonyl (C=O) groups excluding carboxylic acids is 1. The molecule has 0 aliphatic rings. The molecule has 3 aromatic rings. The van der Waals surface area contributed by atoms with Crippen molar-refractivity contribution in [2.24, 2.45) is 0 Å². The molecule has 0 aliphatic heterocycles. The molecule has 0 unspecified atom stereocenters. The molecule has 6 nitrogen and oxygen atoms in total. The Bertz CT molecular complexity index is 1050. The number of rotatable bonds is 8. The predicted octanol–water partition coefficient (Wildman–Crippen LogP) is 4.89. The van der Waals surface area contributed by atoms with Crippen molar-refractivity contribution in [1.82, 2.24) is 14.8 Å². The number of allylic oxidation sites excluding steroid dienone is 1. The Labute approximate surface area is 186 Å². The van der Waals surface area contributed by atoms with Crippen LogP contribution < -0.4 is 10.2 Å². The van der Waals surface area contributed by atoms with Gasteiger partial charge in [0.25, 0.3) is 0 Å². The minimum absolute atomic E-state index is 0.129. The number of carbonyl (C=O) groups is 1. The number of aromatic nitrogens is 3. The third-order valence-electron chi connectivity index (χ3n) is 4.48. The number of hydrogen-bond donors (Lipinski definition) is 1. The van der Waals surface area contributed by atoms with Gasteiger partial charge in [0.05, 0.1) is 5.75 Å². The molecule has 0 bridgehead atoms. The highest BCUT2D eigenvalue weighted by Crippen LogP contribution is 2.26. The van der Waals surface area contributed by atoms with Crippen LogP contribution in [-0.2, 0) is 11.3 Å². The Morgan fingerprint density at radius 2 is 1.97 bits per heavy atom. The number of nitrogens with one attached hydrogen (secondary N) is 1. The zero-order valence-corrected chi connectivity index (χ0v) is 18.8. The number of anilines is 2. The van der Waals surface area contributed by atoms with Crippen LogP contribution in [0.2, 0.25) is 5.02 Å². The second-order valence-electron chi connectivity index (χ2n) is 6.94. The number of benzene rings is 2. The van der Waals surface area contributed by atoms with Crippen molar-refractivity contribution >= 4 is 40.6 Å². The number of aryl methyl sites for hydroxylation is 1. The van der Waals surface area contributed by atoms with Crippen LogP contribution in [-0.4, -0.2) is 40.5 Å². The van der Waals surface area contributed by atoms with E-state index in [0.717, 1.165) is 22.6 Å². The minimum atomic E-state index is -0.129. The summed E-state index contributed by atoms with van der Waals surface area (Å²) in [4.78, 5) is 14.5. The molecule has 0 atom stereocenters. The Hall–Kier alpha value is -2.77. The van der Waals surface area contributed by atoms with Crippen molar-refractivity contribution in [2.45, 2.75) is 18.6 Å². The van der Waals surface area contributed by atoms with Crippen molar-refractivity contribution in [3.05, 3.63) is 65.7 Å². The van der Waals surface area contributed by atoms with Crippen LogP contribution in [0.1, 0.15) is 5.56 Å². The molecule has 3 rings (SSSR count). The van der Waals surface area contributed by atoms with Crippen LogP contribution in [0.15, 0.2) is 60.3 Å². The van der Waals surface area contributed by atoms with Crippen LogP contribution in [0.3, 0.4) is 0 Å². The molecule has 1 amide bonds. The van der Waals surface area contributed by atoms with Gasteiger partial charge >= 0.3 is 0 Å². The number of hydrogen-bond acceptors (Lipinski definition) is 5. The van der Waals surface area contributed by atoms with Gasteiger partial charge in [0, 0.05) is 42.6 Å². The quantitative estimate of drug-likeness (QED) is 0.398. The molecular weight excluding hydrogens is 418 g/mol. The summed E-state index contributed by atoms with van der Waals surface area (Å²) < 4.78 is 1.96. The summed E-state index contributed by atoms with van der Waals surface area (Å²) in [6, 6.07) is 13.5. The second kappa shape index (κ2) is 9.82. The molecule has 30 heavy (non-hydrogen) atoms. The van der Waals surface area contributed by atoms with E-state index in [1.165, 1.54) is 11.8 Å². The lowest BCUT2D eigenvalue weighted by Crippen LogP contribution is -2.15. The maximum atomic E-state index is 12.4. The van der Waals surface area contributed by atoms with Gasteiger partial charge in [-0.1, -0.05) is 35.5 Å². The van der Waals surface area contributed by atoms with Gasteiger partial charge in [0.15, 0.2) is 11.0 Å². The first-order valence-corrected chi connectivity index (χ1v) is 10.8. The van der Waals surface area contributed by atoms with E-state index in [2.05, 4.69) is 22.1 Å². The van der Waals surface area contributed by atoms with Crippen molar-refractivity contribution in [3.63, 3.8) is 0 Å². The van der Waals surface area contributed by atoms with Crippen molar-refractivity contribution in [1.29, 1.82) is 0 Å². The van der Waals surface area contributed by atoms with E-state index in [9.17, 15) is 4.79 Å². The first kappa shape index (κ1) is 21.9. The summed E-state index contributed by atoms with van der Waals surface area (Å²) in [5.41, 5.74) is 3.73. The molecule has 0 saturated heterocycles. The number of thioether (sulfide) groups is 1. The largest absolute Gasteiger partial charge is 0.378 e. The molecule has 2 aromatic carbocycles. The maximum absolute atomic E-state index is 12.4. The van der Waals surface area contributed by atoms with E-state index in [-0.39, 0.29) is 11.7 Å². The van der Waals surface area contributed by atoms with Crippen molar-refractivity contribution < 1.29 is 4.79 Å². The maximum Gasteiger partial charge on any atom is 0.234 e. The lowest BCUT2D eigenvalue weighted by atomic mass is 10.2. The first-order chi connectivity index (χ1) is 14.4. The average Bonchev–Trinajstić information content (AvgIpc) is 3.12. The smallest absolute Gasteiger partial charge is 0.234 e. The SMILES string of the molecule is C=CCn1c(SCC(=O)Nc2cc(Cl)ccc2C)nnc1-c1ccc(N(C)C)cc1. The highest BCUT2D eigenvalue weighted by Gasteiger charge is 2.15. The van der Waals surface area contributed by atoms with Crippen LogP contribution in [0.25, 0.3) is 11.4 Å². The molecular formula is C22H24ClN5OS. The van der Waals surface area contributed by atoms with Crippen LogP contribution >= 0.6 is 23.4 Å². The van der Waals surface area contributed by atoms with E-state index in [0.29, 0.717) is 22.4 Å². The van der Waals surface area contributed by atoms with E-state index in [1.807, 2.05) is 60.8 Å². The monoisotopic (exact) mass is 441 g/mol.